The van der Waals surface area contributed by atoms with Gasteiger partial charge in [0.2, 0.25) is 5.91 Å². The molecule has 0 aromatic heterocycles. The number of nitrogens with one attached hydrogen (secondary N) is 3. The molecule has 8 heteroatoms. The first-order valence-corrected chi connectivity index (χ1v) is 9.90. The van der Waals surface area contributed by atoms with Crippen LogP contribution in [0.4, 0.5) is 11.4 Å². The van der Waals surface area contributed by atoms with Crippen molar-refractivity contribution in [1.29, 1.82) is 0 Å². The molecule has 0 atom stereocenters. The summed E-state index contributed by atoms with van der Waals surface area (Å²) in [6, 6.07) is 9.91. The third-order valence-corrected chi connectivity index (χ3v) is 4.99. The van der Waals surface area contributed by atoms with Crippen LogP contribution in [0.3, 0.4) is 0 Å². The number of ether oxygens (including phenoxy) is 1. The van der Waals surface area contributed by atoms with E-state index in [0.29, 0.717) is 32.7 Å². The van der Waals surface area contributed by atoms with E-state index in [9.17, 15) is 9.59 Å². The molecule has 0 radical (unpaired) electrons. The van der Waals surface area contributed by atoms with E-state index in [1.165, 1.54) is 7.11 Å². The van der Waals surface area contributed by atoms with Gasteiger partial charge >= 0.3 is 0 Å². The first kappa shape index (κ1) is 22.8. The quantitative estimate of drug-likeness (QED) is 0.544. The van der Waals surface area contributed by atoms with Crippen LogP contribution in [0.2, 0.25) is 10.0 Å². The largest absolute Gasteiger partial charge is 0.495 e. The van der Waals surface area contributed by atoms with E-state index in [-0.39, 0.29) is 23.9 Å². The molecule has 0 saturated heterocycles. The van der Waals surface area contributed by atoms with Crippen molar-refractivity contribution >= 4 is 46.4 Å². The fourth-order valence-electron chi connectivity index (χ4n) is 2.43. The predicted molar refractivity (Wildman–Crippen MR) is 118 cm³/mol. The van der Waals surface area contributed by atoms with Gasteiger partial charge in [-0.3, -0.25) is 9.59 Å². The van der Waals surface area contributed by atoms with E-state index in [0.717, 1.165) is 6.42 Å². The highest BCUT2D eigenvalue weighted by molar-refractivity contribution is 6.34. The van der Waals surface area contributed by atoms with Crippen molar-refractivity contribution in [2.75, 3.05) is 24.3 Å². The van der Waals surface area contributed by atoms with Gasteiger partial charge in [0.25, 0.3) is 5.91 Å². The van der Waals surface area contributed by atoms with Crippen LogP contribution in [0, 0.1) is 0 Å². The van der Waals surface area contributed by atoms with E-state index in [2.05, 4.69) is 16.0 Å². The van der Waals surface area contributed by atoms with Crippen molar-refractivity contribution in [2.24, 2.45) is 0 Å². The fraction of sp³-hybridized carbons (Fsp3) is 0.333. The molecular weight excluding hydrogens is 413 g/mol. The van der Waals surface area contributed by atoms with Crippen LogP contribution in [0.5, 0.6) is 5.75 Å². The van der Waals surface area contributed by atoms with E-state index in [1.54, 1.807) is 36.4 Å². The number of hydrogen-bond acceptors (Lipinski definition) is 4. The molecule has 2 amide bonds. The lowest BCUT2D eigenvalue weighted by molar-refractivity contribution is -0.114. The zero-order chi connectivity index (χ0) is 21.6. The molecule has 0 aliphatic heterocycles. The third-order valence-electron chi connectivity index (χ3n) is 4.44. The SMILES string of the molecule is CCC(C)(C)NC(=O)c1ccc(NCC(=O)Nc2cc(Cl)ccc2OC)cc1Cl. The molecule has 29 heavy (non-hydrogen) atoms. The molecule has 2 rings (SSSR count). The van der Waals surface area contributed by atoms with Gasteiger partial charge in [0.05, 0.1) is 29.9 Å². The summed E-state index contributed by atoms with van der Waals surface area (Å²) in [6.07, 6.45) is 0.794. The molecule has 0 bridgehead atoms. The molecule has 0 heterocycles. The van der Waals surface area contributed by atoms with Crippen LogP contribution in [-0.4, -0.2) is 31.0 Å². The maximum atomic E-state index is 12.4. The maximum Gasteiger partial charge on any atom is 0.253 e. The van der Waals surface area contributed by atoms with Crippen molar-refractivity contribution < 1.29 is 14.3 Å². The highest BCUT2D eigenvalue weighted by Gasteiger charge is 2.20. The van der Waals surface area contributed by atoms with Gasteiger partial charge < -0.3 is 20.7 Å². The number of anilines is 2. The summed E-state index contributed by atoms with van der Waals surface area (Å²) in [7, 11) is 1.51. The highest BCUT2D eigenvalue weighted by atomic mass is 35.5. The number of carbonyl (C=O) groups is 2. The molecule has 2 aromatic carbocycles. The molecule has 0 fully saturated rings. The Labute approximate surface area is 180 Å². The second-order valence-electron chi connectivity index (χ2n) is 7.13. The van der Waals surface area contributed by atoms with Gasteiger partial charge in [0.1, 0.15) is 5.75 Å². The summed E-state index contributed by atoms with van der Waals surface area (Å²) < 4.78 is 5.21. The molecule has 2 aromatic rings. The number of halogens is 2. The summed E-state index contributed by atoms with van der Waals surface area (Å²) in [5.41, 5.74) is 1.16. The van der Waals surface area contributed by atoms with Crippen LogP contribution in [-0.2, 0) is 4.79 Å². The van der Waals surface area contributed by atoms with Crippen molar-refractivity contribution in [1.82, 2.24) is 5.32 Å². The fourth-order valence-corrected chi connectivity index (χ4v) is 2.87. The van der Waals surface area contributed by atoms with Crippen LogP contribution in [0.15, 0.2) is 36.4 Å². The Hall–Kier alpha value is -2.44. The Bertz CT molecular complexity index is 901. The molecule has 6 nitrogen and oxygen atoms in total. The molecule has 3 N–H and O–H groups in total. The lowest BCUT2D eigenvalue weighted by Crippen LogP contribution is -2.42. The average molecular weight is 438 g/mol. The van der Waals surface area contributed by atoms with Crippen molar-refractivity contribution in [3.8, 4) is 5.75 Å². The minimum absolute atomic E-state index is 0.000402. The number of amides is 2. The predicted octanol–water partition coefficient (Wildman–Crippen LogP) is 4.97. The van der Waals surface area contributed by atoms with Gasteiger partial charge in [-0.2, -0.15) is 0 Å². The van der Waals surface area contributed by atoms with Gasteiger partial charge in [0.15, 0.2) is 0 Å². The topological polar surface area (TPSA) is 79.5 Å². The highest BCUT2D eigenvalue weighted by Crippen LogP contribution is 2.27. The second kappa shape index (κ2) is 9.85. The Morgan fingerprint density at radius 3 is 2.45 bits per heavy atom. The van der Waals surface area contributed by atoms with Gasteiger partial charge in [-0.25, -0.2) is 0 Å². The average Bonchev–Trinajstić information content (AvgIpc) is 2.66. The number of rotatable bonds is 8. The standard InChI is InChI=1S/C21H25Cl2N3O3/c1-5-21(2,3)26-20(28)15-8-7-14(11-16(15)23)24-12-19(27)25-17-10-13(22)6-9-18(17)29-4/h6-11,24H,5,12H2,1-4H3,(H,25,27)(H,26,28). The monoisotopic (exact) mass is 437 g/mol. The van der Waals surface area contributed by atoms with E-state index < -0.39 is 0 Å². The number of benzene rings is 2. The smallest absolute Gasteiger partial charge is 0.253 e. The van der Waals surface area contributed by atoms with E-state index >= 15 is 0 Å². The van der Waals surface area contributed by atoms with E-state index in [4.69, 9.17) is 27.9 Å². The second-order valence-corrected chi connectivity index (χ2v) is 7.98. The van der Waals surface area contributed by atoms with Gasteiger partial charge in [-0.15, -0.1) is 0 Å². The number of carbonyl (C=O) groups excluding carboxylic acids is 2. The normalized spacial score (nSPS) is 11.0. The van der Waals surface area contributed by atoms with Crippen LogP contribution in [0.1, 0.15) is 37.6 Å². The molecular formula is C21H25Cl2N3O3. The minimum atomic E-state index is -0.323. The van der Waals surface area contributed by atoms with Gasteiger partial charge in [0, 0.05) is 16.2 Å². The molecule has 0 unspecified atom stereocenters. The number of hydrogen-bond donors (Lipinski definition) is 3. The lowest BCUT2D eigenvalue weighted by Gasteiger charge is -2.24. The van der Waals surface area contributed by atoms with Gasteiger partial charge in [-0.05, 0) is 56.7 Å². The van der Waals surface area contributed by atoms with E-state index in [1.807, 2.05) is 20.8 Å². The first-order valence-electron chi connectivity index (χ1n) is 9.14. The summed E-state index contributed by atoms with van der Waals surface area (Å²) in [6.45, 7) is 5.89. The van der Waals surface area contributed by atoms with Crippen molar-refractivity contribution in [3.05, 3.63) is 52.0 Å². The minimum Gasteiger partial charge on any atom is -0.495 e. The van der Waals surface area contributed by atoms with Gasteiger partial charge in [-0.1, -0.05) is 30.1 Å². The zero-order valence-electron chi connectivity index (χ0n) is 16.9. The molecule has 0 saturated carbocycles. The Morgan fingerprint density at radius 2 is 1.83 bits per heavy atom. The van der Waals surface area contributed by atoms with Crippen LogP contribution in [0.25, 0.3) is 0 Å². The Balaban J connectivity index is 1.99. The molecule has 0 aliphatic carbocycles. The molecule has 0 spiro atoms. The van der Waals surface area contributed by atoms with Crippen LogP contribution < -0.4 is 20.7 Å². The lowest BCUT2D eigenvalue weighted by atomic mass is 10.0. The Morgan fingerprint density at radius 1 is 1.10 bits per heavy atom. The third kappa shape index (κ3) is 6.54. The Kier molecular flexibility index (Phi) is 7.76. The zero-order valence-corrected chi connectivity index (χ0v) is 18.4. The molecule has 0 aliphatic rings. The van der Waals surface area contributed by atoms with Crippen LogP contribution >= 0.6 is 23.2 Å². The van der Waals surface area contributed by atoms with Crippen molar-refractivity contribution in [3.63, 3.8) is 0 Å². The summed E-state index contributed by atoms with van der Waals surface area (Å²) >= 11 is 12.2. The first-order chi connectivity index (χ1) is 13.6. The van der Waals surface area contributed by atoms with Crippen molar-refractivity contribution in [2.45, 2.75) is 32.7 Å². The summed E-state index contributed by atoms with van der Waals surface area (Å²) in [5.74, 6) is -0.0106. The summed E-state index contributed by atoms with van der Waals surface area (Å²) in [5, 5.41) is 9.46. The number of methoxy groups -OCH3 is 1. The molecule has 156 valence electrons. The maximum absolute atomic E-state index is 12.4. The summed E-state index contributed by atoms with van der Waals surface area (Å²) in [4.78, 5) is 24.7.